The summed E-state index contributed by atoms with van der Waals surface area (Å²) in [5.41, 5.74) is 3.58. The van der Waals surface area contributed by atoms with Gasteiger partial charge in [0, 0.05) is 19.5 Å². The first kappa shape index (κ1) is 20.1. The molecule has 4 atom stereocenters. The second-order valence-electron chi connectivity index (χ2n) is 8.31. The second-order valence-corrected chi connectivity index (χ2v) is 8.31. The molecule has 148 valence electrons. The fraction of sp³-hybridized carbons (Fsp3) is 0.591. The molecule has 0 aliphatic heterocycles. The Balaban J connectivity index is 1.69. The standard InChI is InChI=1S/C22H33N3O2/c1-14(2)19-9-16(10-22-24-20-6-4-5-7-21(20)25-22)15(3)8-17(19)11-23-12-18(27)13-26/h4-8,14,16-19,23,26-27H,9-13H2,1-3H3,(H,24,25)/t16-,17-,18-,19-/m0/s1. The third-order valence-corrected chi connectivity index (χ3v) is 5.93. The van der Waals surface area contributed by atoms with E-state index in [0.717, 1.165) is 36.2 Å². The number of benzene rings is 1. The summed E-state index contributed by atoms with van der Waals surface area (Å²) in [7, 11) is 0. The zero-order chi connectivity index (χ0) is 19.4. The minimum Gasteiger partial charge on any atom is -0.394 e. The largest absolute Gasteiger partial charge is 0.394 e. The monoisotopic (exact) mass is 371 g/mol. The van der Waals surface area contributed by atoms with Crippen LogP contribution in [0, 0.1) is 23.7 Å². The number of imidazole rings is 1. The van der Waals surface area contributed by atoms with Gasteiger partial charge in [0.15, 0.2) is 0 Å². The van der Waals surface area contributed by atoms with Gasteiger partial charge in [0.25, 0.3) is 0 Å². The first-order valence-electron chi connectivity index (χ1n) is 10.1. The Morgan fingerprint density at radius 2 is 2.07 bits per heavy atom. The van der Waals surface area contributed by atoms with E-state index < -0.39 is 6.10 Å². The van der Waals surface area contributed by atoms with Crippen molar-refractivity contribution in [3.63, 3.8) is 0 Å². The molecule has 4 N–H and O–H groups in total. The van der Waals surface area contributed by atoms with Crippen LogP contribution in [0.5, 0.6) is 0 Å². The number of nitrogens with zero attached hydrogens (tertiary/aromatic N) is 1. The number of para-hydroxylation sites is 2. The summed E-state index contributed by atoms with van der Waals surface area (Å²) in [6, 6.07) is 8.20. The van der Waals surface area contributed by atoms with Crippen LogP contribution in [0.1, 0.15) is 33.0 Å². The summed E-state index contributed by atoms with van der Waals surface area (Å²) in [4.78, 5) is 8.23. The lowest BCUT2D eigenvalue weighted by Gasteiger charge is -2.37. The lowest BCUT2D eigenvalue weighted by Crippen LogP contribution is -2.38. The van der Waals surface area contributed by atoms with Crippen molar-refractivity contribution in [2.75, 3.05) is 19.7 Å². The van der Waals surface area contributed by atoms with Crippen LogP contribution >= 0.6 is 0 Å². The highest BCUT2D eigenvalue weighted by molar-refractivity contribution is 5.74. The molecular weight excluding hydrogens is 338 g/mol. The fourth-order valence-electron chi connectivity index (χ4n) is 4.32. The van der Waals surface area contributed by atoms with Gasteiger partial charge in [0.2, 0.25) is 0 Å². The molecule has 1 heterocycles. The number of aromatic amines is 1. The van der Waals surface area contributed by atoms with E-state index in [1.807, 2.05) is 12.1 Å². The Morgan fingerprint density at radius 3 is 2.78 bits per heavy atom. The van der Waals surface area contributed by atoms with Crippen molar-refractivity contribution < 1.29 is 10.2 Å². The van der Waals surface area contributed by atoms with E-state index in [2.05, 4.69) is 49.3 Å². The highest BCUT2D eigenvalue weighted by atomic mass is 16.3. The van der Waals surface area contributed by atoms with Crippen LogP contribution in [0.4, 0.5) is 0 Å². The van der Waals surface area contributed by atoms with Gasteiger partial charge < -0.3 is 20.5 Å². The highest BCUT2D eigenvalue weighted by Gasteiger charge is 2.31. The number of hydrogen-bond acceptors (Lipinski definition) is 4. The van der Waals surface area contributed by atoms with Crippen LogP contribution in [0.15, 0.2) is 35.9 Å². The zero-order valence-corrected chi connectivity index (χ0v) is 16.7. The minimum absolute atomic E-state index is 0.195. The number of fused-ring (bicyclic) bond motifs is 1. The Labute approximate surface area is 161 Å². The maximum absolute atomic E-state index is 9.54. The van der Waals surface area contributed by atoms with Crippen LogP contribution in [0.25, 0.3) is 11.0 Å². The van der Waals surface area contributed by atoms with E-state index >= 15 is 0 Å². The van der Waals surface area contributed by atoms with Crippen LogP contribution < -0.4 is 5.32 Å². The topological polar surface area (TPSA) is 81.2 Å². The average molecular weight is 372 g/mol. The molecule has 5 nitrogen and oxygen atoms in total. The number of aliphatic hydroxyl groups excluding tert-OH is 2. The minimum atomic E-state index is -0.683. The third kappa shape index (κ3) is 4.98. The average Bonchev–Trinajstić information content (AvgIpc) is 3.05. The summed E-state index contributed by atoms with van der Waals surface area (Å²) in [6.07, 6.45) is 3.84. The molecule has 1 aromatic carbocycles. The third-order valence-electron chi connectivity index (χ3n) is 5.93. The van der Waals surface area contributed by atoms with Gasteiger partial charge in [-0.15, -0.1) is 0 Å². The molecule has 3 rings (SSSR count). The molecule has 0 fully saturated rings. The first-order chi connectivity index (χ1) is 13.0. The van der Waals surface area contributed by atoms with Crippen LogP contribution in [-0.4, -0.2) is 46.0 Å². The lowest BCUT2D eigenvalue weighted by atomic mass is 9.70. The molecule has 0 radical (unpaired) electrons. The van der Waals surface area contributed by atoms with Crippen LogP contribution in [0.2, 0.25) is 0 Å². The quantitative estimate of drug-likeness (QED) is 0.538. The number of aliphatic hydroxyl groups is 2. The highest BCUT2D eigenvalue weighted by Crippen LogP contribution is 2.38. The first-order valence-corrected chi connectivity index (χ1v) is 10.1. The molecule has 0 saturated carbocycles. The summed E-state index contributed by atoms with van der Waals surface area (Å²) < 4.78 is 0. The van der Waals surface area contributed by atoms with E-state index in [4.69, 9.17) is 10.1 Å². The number of aromatic nitrogens is 2. The van der Waals surface area contributed by atoms with E-state index in [-0.39, 0.29) is 6.61 Å². The summed E-state index contributed by atoms with van der Waals surface area (Å²) >= 11 is 0. The second kappa shape index (κ2) is 9.00. The Kier molecular flexibility index (Phi) is 6.68. The number of H-pyrrole nitrogens is 1. The molecule has 0 saturated heterocycles. The predicted molar refractivity (Wildman–Crippen MR) is 109 cm³/mol. The van der Waals surface area contributed by atoms with Crippen LogP contribution in [0.3, 0.4) is 0 Å². The molecule has 1 aromatic heterocycles. The van der Waals surface area contributed by atoms with Crippen molar-refractivity contribution in [3.05, 3.63) is 41.7 Å². The van der Waals surface area contributed by atoms with Crippen LogP contribution in [-0.2, 0) is 6.42 Å². The SMILES string of the molecule is CC1=C[C@@H](CNC[C@H](O)CO)[C@H](C(C)C)C[C@H]1Cc1nc2ccccc2[nH]1. The van der Waals surface area contributed by atoms with Gasteiger partial charge >= 0.3 is 0 Å². The number of nitrogens with one attached hydrogen (secondary N) is 2. The van der Waals surface area contributed by atoms with Gasteiger partial charge in [-0.2, -0.15) is 0 Å². The van der Waals surface area contributed by atoms with Crippen molar-refractivity contribution in [1.82, 2.24) is 15.3 Å². The molecule has 2 aromatic rings. The normalized spacial score (nSPS) is 24.4. The van der Waals surface area contributed by atoms with E-state index in [9.17, 15) is 5.11 Å². The van der Waals surface area contributed by atoms with E-state index in [1.165, 1.54) is 5.57 Å². The molecule has 27 heavy (non-hydrogen) atoms. The van der Waals surface area contributed by atoms with Crippen molar-refractivity contribution in [3.8, 4) is 0 Å². The van der Waals surface area contributed by atoms with Gasteiger partial charge in [-0.25, -0.2) is 4.98 Å². The summed E-state index contributed by atoms with van der Waals surface area (Å²) in [6.45, 7) is 7.92. The smallest absolute Gasteiger partial charge is 0.107 e. The molecule has 1 aliphatic rings. The Hall–Kier alpha value is -1.69. The molecule has 1 aliphatic carbocycles. The van der Waals surface area contributed by atoms with Gasteiger partial charge in [-0.05, 0) is 49.1 Å². The van der Waals surface area contributed by atoms with Gasteiger partial charge in [0.1, 0.15) is 5.82 Å². The number of allylic oxidation sites excluding steroid dienone is 1. The Morgan fingerprint density at radius 1 is 1.30 bits per heavy atom. The van der Waals surface area contributed by atoms with Gasteiger partial charge in [-0.1, -0.05) is 37.6 Å². The van der Waals surface area contributed by atoms with E-state index in [1.54, 1.807) is 0 Å². The zero-order valence-electron chi connectivity index (χ0n) is 16.7. The Bertz CT molecular complexity index is 735. The van der Waals surface area contributed by atoms with Crippen molar-refractivity contribution in [2.45, 2.75) is 39.7 Å². The maximum atomic E-state index is 9.54. The van der Waals surface area contributed by atoms with Crippen molar-refractivity contribution in [2.24, 2.45) is 23.7 Å². The molecule has 5 heteroatoms. The van der Waals surface area contributed by atoms with E-state index in [0.29, 0.717) is 30.2 Å². The molecule has 0 bridgehead atoms. The predicted octanol–water partition coefficient (Wildman–Crippen LogP) is 2.90. The number of rotatable bonds is 8. The molecule has 0 spiro atoms. The van der Waals surface area contributed by atoms with Crippen molar-refractivity contribution >= 4 is 11.0 Å². The number of hydrogen-bond donors (Lipinski definition) is 4. The molecule has 0 unspecified atom stereocenters. The maximum Gasteiger partial charge on any atom is 0.107 e. The van der Waals surface area contributed by atoms with Crippen molar-refractivity contribution in [1.29, 1.82) is 0 Å². The van der Waals surface area contributed by atoms with Gasteiger partial charge in [0.05, 0.1) is 23.7 Å². The fourth-order valence-corrected chi connectivity index (χ4v) is 4.32. The molecular formula is C22H33N3O2. The lowest BCUT2D eigenvalue weighted by molar-refractivity contribution is 0.0923. The summed E-state index contributed by atoms with van der Waals surface area (Å²) in [5, 5.41) is 21.8. The molecule has 0 amide bonds. The van der Waals surface area contributed by atoms with Gasteiger partial charge in [-0.3, -0.25) is 0 Å². The summed E-state index contributed by atoms with van der Waals surface area (Å²) in [5.74, 6) is 3.24.